The summed E-state index contributed by atoms with van der Waals surface area (Å²) in [6.07, 6.45) is 3.64. The van der Waals surface area contributed by atoms with Crippen LogP contribution >= 0.6 is 24.0 Å². The molecule has 1 aliphatic rings. The van der Waals surface area contributed by atoms with Crippen LogP contribution in [0.15, 0.2) is 29.3 Å². The molecule has 1 aliphatic heterocycles. The van der Waals surface area contributed by atoms with Gasteiger partial charge in [0.15, 0.2) is 5.96 Å². The molecule has 2 heterocycles. The van der Waals surface area contributed by atoms with Crippen LogP contribution in [0.5, 0.6) is 0 Å². The second-order valence-corrected chi connectivity index (χ2v) is 8.13. The number of fused-ring (bicyclic) bond motifs is 1. The summed E-state index contributed by atoms with van der Waals surface area (Å²) < 4.78 is 2.30. The molecular weight excluding hydrogens is 475 g/mol. The fraction of sp³-hybridized carbons (Fsp3) is 0.636. The Morgan fingerprint density at radius 1 is 1.28 bits per heavy atom. The standard InChI is InChI=1S/C22H36N6.HI/c1-17(2)27-13-7-9-19(16-27)15-25-22(23-4)24-12-8-14-28-18(3)26-20-10-5-6-11-21(20)28;/h5-6,10-11,17,19H,7-9,12-16H2,1-4H3,(H2,23,24,25);1H. The zero-order chi connectivity index (χ0) is 19.9. The lowest BCUT2D eigenvalue weighted by Crippen LogP contribution is -2.46. The summed E-state index contributed by atoms with van der Waals surface area (Å²) in [6, 6.07) is 8.99. The largest absolute Gasteiger partial charge is 0.356 e. The lowest BCUT2D eigenvalue weighted by atomic mass is 9.97. The molecule has 1 atom stereocenters. The van der Waals surface area contributed by atoms with Gasteiger partial charge in [-0.05, 0) is 64.6 Å². The van der Waals surface area contributed by atoms with Crippen LogP contribution in [0, 0.1) is 12.8 Å². The predicted molar refractivity (Wildman–Crippen MR) is 133 cm³/mol. The first-order valence-electron chi connectivity index (χ1n) is 10.7. The number of nitrogens with zero attached hydrogens (tertiary/aromatic N) is 4. The predicted octanol–water partition coefficient (Wildman–Crippen LogP) is 3.64. The topological polar surface area (TPSA) is 57.5 Å². The smallest absolute Gasteiger partial charge is 0.190 e. The molecule has 2 N–H and O–H groups in total. The highest BCUT2D eigenvalue weighted by molar-refractivity contribution is 14.0. The minimum absolute atomic E-state index is 0. The summed E-state index contributed by atoms with van der Waals surface area (Å²) in [6.45, 7) is 11.9. The quantitative estimate of drug-likeness (QED) is 0.258. The molecule has 1 aromatic heterocycles. The number of hydrogen-bond acceptors (Lipinski definition) is 3. The molecule has 1 fully saturated rings. The maximum absolute atomic E-state index is 4.65. The second-order valence-electron chi connectivity index (χ2n) is 8.13. The third-order valence-electron chi connectivity index (χ3n) is 5.76. The molecular formula is C22H37IN6. The van der Waals surface area contributed by atoms with Crippen molar-refractivity contribution in [3.05, 3.63) is 30.1 Å². The van der Waals surface area contributed by atoms with Gasteiger partial charge in [-0.2, -0.15) is 0 Å². The summed E-state index contributed by atoms with van der Waals surface area (Å²) in [5.41, 5.74) is 2.29. The van der Waals surface area contributed by atoms with E-state index in [0.717, 1.165) is 43.4 Å². The van der Waals surface area contributed by atoms with Gasteiger partial charge < -0.3 is 20.1 Å². The van der Waals surface area contributed by atoms with Crippen molar-refractivity contribution < 1.29 is 0 Å². The molecule has 2 aromatic rings. The van der Waals surface area contributed by atoms with Crippen molar-refractivity contribution in [1.29, 1.82) is 0 Å². The van der Waals surface area contributed by atoms with Crippen LogP contribution in [0.4, 0.5) is 0 Å². The van der Waals surface area contributed by atoms with Gasteiger partial charge in [-0.15, -0.1) is 24.0 Å². The van der Waals surface area contributed by atoms with E-state index in [-0.39, 0.29) is 24.0 Å². The first-order chi connectivity index (χ1) is 13.6. The van der Waals surface area contributed by atoms with Crippen LogP contribution in [0.25, 0.3) is 11.0 Å². The van der Waals surface area contributed by atoms with E-state index < -0.39 is 0 Å². The minimum atomic E-state index is 0. The van der Waals surface area contributed by atoms with Crippen molar-refractivity contribution in [2.75, 3.05) is 33.2 Å². The molecule has 0 aliphatic carbocycles. The Morgan fingerprint density at radius 2 is 2.07 bits per heavy atom. The summed E-state index contributed by atoms with van der Waals surface area (Å²) in [5, 5.41) is 6.99. The first kappa shape index (κ1) is 23.9. The van der Waals surface area contributed by atoms with E-state index >= 15 is 0 Å². The van der Waals surface area contributed by atoms with E-state index in [1.165, 1.54) is 31.4 Å². The van der Waals surface area contributed by atoms with E-state index in [4.69, 9.17) is 0 Å². The maximum atomic E-state index is 4.65. The highest BCUT2D eigenvalue weighted by Crippen LogP contribution is 2.18. The number of aliphatic imine (C=N–C) groups is 1. The molecule has 162 valence electrons. The van der Waals surface area contributed by atoms with Crippen molar-refractivity contribution in [3.8, 4) is 0 Å². The highest BCUT2D eigenvalue weighted by atomic mass is 127. The van der Waals surface area contributed by atoms with E-state index in [0.29, 0.717) is 12.0 Å². The van der Waals surface area contributed by atoms with E-state index in [9.17, 15) is 0 Å². The van der Waals surface area contributed by atoms with Crippen LogP contribution in [-0.2, 0) is 6.54 Å². The molecule has 1 saturated heterocycles. The van der Waals surface area contributed by atoms with Gasteiger partial charge >= 0.3 is 0 Å². The van der Waals surface area contributed by atoms with Gasteiger partial charge in [-0.25, -0.2) is 4.98 Å². The van der Waals surface area contributed by atoms with Gasteiger partial charge in [0.05, 0.1) is 11.0 Å². The summed E-state index contributed by atoms with van der Waals surface area (Å²) >= 11 is 0. The van der Waals surface area contributed by atoms with Crippen molar-refractivity contribution in [1.82, 2.24) is 25.1 Å². The average molecular weight is 512 g/mol. The Morgan fingerprint density at radius 3 is 2.83 bits per heavy atom. The first-order valence-corrected chi connectivity index (χ1v) is 10.7. The molecule has 6 nitrogen and oxygen atoms in total. The van der Waals surface area contributed by atoms with Crippen LogP contribution in [0.1, 0.15) is 38.9 Å². The number of piperidine rings is 1. The Hall–Kier alpha value is -1.35. The van der Waals surface area contributed by atoms with Gasteiger partial charge in [0.25, 0.3) is 0 Å². The number of nitrogens with one attached hydrogen (secondary N) is 2. The molecule has 0 radical (unpaired) electrons. The maximum Gasteiger partial charge on any atom is 0.190 e. The zero-order valence-corrected chi connectivity index (χ0v) is 20.6. The Bertz CT molecular complexity index is 785. The van der Waals surface area contributed by atoms with E-state index in [1.807, 2.05) is 13.1 Å². The number of halogens is 1. The zero-order valence-electron chi connectivity index (χ0n) is 18.3. The number of aryl methyl sites for hydroxylation is 2. The molecule has 7 heteroatoms. The Balaban J connectivity index is 0.00000300. The van der Waals surface area contributed by atoms with Crippen molar-refractivity contribution >= 4 is 41.0 Å². The molecule has 1 aromatic carbocycles. The third-order valence-corrected chi connectivity index (χ3v) is 5.76. The normalized spacial score (nSPS) is 18.1. The third kappa shape index (κ3) is 6.57. The van der Waals surface area contributed by atoms with Crippen molar-refractivity contribution in [3.63, 3.8) is 0 Å². The van der Waals surface area contributed by atoms with Gasteiger partial charge in [-0.1, -0.05) is 12.1 Å². The van der Waals surface area contributed by atoms with Gasteiger partial charge in [-0.3, -0.25) is 4.99 Å². The molecule has 0 spiro atoms. The Labute approximate surface area is 192 Å². The van der Waals surface area contributed by atoms with Crippen LogP contribution in [0.2, 0.25) is 0 Å². The molecule has 29 heavy (non-hydrogen) atoms. The summed E-state index contributed by atoms with van der Waals surface area (Å²) in [4.78, 5) is 11.6. The highest BCUT2D eigenvalue weighted by Gasteiger charge is 2.21. The fourth-order valence-corrected chi connectivity index (χ4v) is 4.12. The fourth-order valence-electron chi connectivity index (χ4n) is 4.12. The lowest BCUT2D eigenvalue weighted by Gasteiger charge is -2.35. The summed E-state index contributed by atoms with van der Waals surface area (Å²) in [7, 11) is 1.85. The average Bonchev–Trinajstić information content (AvgIpc) is 3.02. The van der Waals surface area contributed by atoms with Crippen LogP contribution in [0.3, 0.4) is 0 Å². The molecule has 0 bridgehead atoms. The number of para-hydroxylation sites is 2. The van der Waals surface area contributed by atoms with Crippen molar-refractivity contribution in [2.45, 2.75) is 52.6 Å². The number of hydrogen-bond donors (Lipinski definition) is 2. The SMILES string of the molecule is CN=C(NCCCn1c(C)nc2ccccc21)NCC1CCCN(C(C)C)C1.I. The van der Waals surface area contributed by atoms with Gasteiger partial charge in [0.2, 0.25) is 0 Å². The number of aromatic nitrogens is 2. The molecule has 0 amide bonds. The Kier molecular flexibility index (Phi) is 9.68. The van der Waals surface area contributed by atoms with Crippen LogP contribution < -0.4 is 10.6 Å². The number of imidazole rings is 1. The number of likely N-dealkylation sites (tertiary alicyclic amines) is 1. The summed E-state index contributed by atoms with van der Waals surface area (Å²) in [5.74, 6) is 2.69. The van der Waals surface area contributed by atoms with Crippen molar-refractivity contribution in [2.24, 2.45) is 10.9 Å². The molecule has 0 saturated carbocycles. The number of guanidine groups is 1. The minimum Gasteiger partial charge on any atom is -0.356 e. The lowest BCUT2D eigenvalue weighted by molar-refractivity contribution is 0.141. The van der Waals surface area contributed by atoms with E-state index in [1.54, 1.807) is 0 Å². The molecule has 3 rings (SSSR count). The number of benzene rings is 1. The monoisotopic (exact) mass is 512 g/mol. The number of rotatable bonds is 7. The van der Waals surface area contributed by atoms with Gasteiger partial charge in [0, 0.05) is 39.3 Å². The van der Waals surface area contributed by atoms with Crippen LogP contribution in [-0.4, -0.2) is 59.7 Å². The molecule has 1 unspecified atom stereocenters. The van der Waals surface area contributed by atoms with Gasteiger partial charge in [0.1, 0.15) is 5.82 Å². The second kappa shape index (κ2) is 11.7. The van der Waals surface area contributed by atoms with E-state index in [2.05, 4.69) is 69.0 Å².